The van der Waals surface area contributed by atoms with Crippen LogP contribution in [0.15, 0.2) is 30.3 Å². The maximum atomic E-state index is 5.68. The maximum Gasteiger partial charge on any atom is 0.0801 e. The van der Waals surface area contributed by atoms with E-state index in [1.165, 1.54) is 5.69 Å². The molecule has 2 heteroatoms. The molecule has 1 aromatic carbocycles. The molecular formula is C12H17NO. The second-order valence-electron chi connectivity index (χ2n) is 4.37. The zero-order valence-corrected chi connectivity index (χ0v) is 8.86. The molecule has 1 heterocycles. The highest BCUT2D eigenvalue weighted by Crippen LogP contribution is 2.22. The Balaban J connectivity index is 2.12. The molecule has 2 rings (SSSR count). The van der Waals surface area contributed by atoms with E-state index >= 15 is 0 Å². The van der Waals surface area contributed by atoms with Crippen LogP contribution in [0, 0.1) is 0 Å². The van der Waals surface area contributed by atoms with Gasteiger partial charge in [0.1, 0.15) is 0 Å². The van der Waals surface area contributed by atoms with Crippen molar-refractivity contribution in [3.05, 3.63) is 30.3 Å². The lowest BCUT2D eigenvalue weighted by Gasteiger charge is -2.39. The number of rotatable bonds is 1. The van der Waals surface area contributed by atoms with Gasteiger partial charge in [-0.25, -0.2) is 0 Å². The van der Waals surface area contributed by atoms with Crippen molar-refractivity contribution in [1.82, 2.24) is 0 Å². The minimum atomic E-state index is -0.0198. The Hall–Kier alpha value is -1.02. The lowest BCUT2D eigenvalue weighted by molar-refractivity contribution is -0.0276. The Morgan fingerprint density at radius 2 is 1.93 bits per heavy atom. The lowest BCUT2D eigenvalue weighted by atomic mass is 10.1. The van der Waals surface area contributed by atoms with Gasteiger partial charge in [-0.05, 0) is 26.0 Å². The number of nitrogens with zero attached hydrogens (tertiary/aromatic N) is 1. The lowest BCUT2D eigenvalue weighted by Crippen LogP contribution is -2.48. The minimum absolute atomic E-state index is 0.0198. The predicted octanol–water partition coefficient (Wildman–Crippen LogP) is 2.30. The van der Waals surface area contributed by atoms with E-state index in [1.807, 2.05) is 0 Å². The summed E-state index contributed by atoms with van der Waals surface area (Å²) in [5.74, 6) is 0. The molecule has 0 atom stereocenters. The van der Waals surface area contributed by atoms with Crippen LogP contribution in [0.5, 0.6) is 0 Å². The van der Waals surface area contributed by atoms with Crippen LogP contribution < -0.4 is 4.90 Å². The Kier molecular flexibility index (Phi) is 2.46. The standard InChI is InChI=1S/C12H17NO/c1-12(2)10-13(8-9-14-12)11-6-4-3-5-7-11/h3-7H,8-10H2,1-2H3. The fraction of sp³-hybridized carbons (Fsp3) is 0.500. The Morgan fingerprint density at radius 1 is 1.21 bits per heavy atom. The van der Waals surface area contributed by atoms with Gasteiger partial charge in [0.25, 0.3) is 0 Å². The molecule has 0 aliphatic carbocycles. The Labute approximate surface area is 85.5 Å². The third kappa shape index (κ3) is 2.07. The first-order valence-corrected chi connectivity index (χ1v) is 5.11. The van der Waals surface area contributed by atoms with E-state index in [9.17, 15) is 0 Å². The van der Waals surface area contributed by atoms with Gasteiger partial charge in [0.05, 0.1) is 12.2 Å². The van der Waals surface area contributed by atoms with Crippen LogP contribution in [0.3, 0.4) is 0 Å². The van der Waals surface area contributed by atoms with Gasteiger partial charge in [0.15, 0.2) is 0 Å². The number of para-hydroxylation sites is 1. The third-order valence-corrected chi connectivity index (χ3v) is 2.55. The zero-order valence-electron chi connectivity index (χ0n) is 8.86. The largest absolute Gasteiger partial charge is 0.372 e. The number of anilines is 1. The van der Waals surface area contributed by atoms with Crippen LogP contribution >= 0.6 is 0 Å². The summed E-state index contributed by atoms with van der Waals surface area (Å²) in [4.78, 5) is 2.38. The van der Waals surface area contributed by atoms with E-state index in [0.29, 0.717) is 0 Å². The Morgan fingerprint density at radius 3 is 2.57 bits per heavy atom. The first-order valence-electron chi connectivity index (χ1n) is 5.11. The van der Waals surface area contributed by atoms with Crippen LogP contribution in [-0.4, -0.2) is 25.3 Å². The molecule has 0 aromatic heterocycles. The molecule has 0 N–H and O–H groups in total. The van der Waals surface area contributed by atoms with Gasteiger partial charge in [0.2, 0.25) is 0 Å². The summed E-state index contributed by atoms with van der Waals surface area (Å²) in [5.41, 5.74) is 1.28. The van der Waals surface area contributed by atoms with Crippen molar-refractivity contribution in [1.29, 1.82) is 0 Å². The number of ether oxygens (including phenoxy) is 1. The molecule has 0 amide bonds. The monoisotopic (exact) mass is 191 g/mol. The minimum Gasteiger partial charge on any atom is -0.372 e. The van der Waals surface area contributed by atoms with Gasteiger partial charge >= 0.3 is 0 Å². The average Bonchev–Trinajstić information content (AvgIpc) is 2.18. The first-order chi connectivity index (χ1) is 6.67. The van der Waals surface area contributed by atoms with Gasteiger partial charge in [-0.3, -0.25) is 0 Å². The van der Waals surface area contributed by atoms with Crippen LogP contribution in [0.4, 0.5) is 5.69 Å². The number of hydrogen-bond donors (Lipinski definition) is 0. The topological polar surface area (TPSA) is 12.5 Å². The summed E-state index contributed by atoms with van der Waals surface area (Å²) < 4.78 is 5.68. The number of hydrogen-bond acceptors (Lipinski definition) is 2. The molecule has 1 aliphatic heterocycles. The smallest absolute Gasteiger partial charge is 0.0801 e. The average molecular weight is 191 g/mol. The van der Waals surface area contributed by atoms with Crippen molar-refractivity contribution in [2.24, 2.45) is 0 Å². The summed E-state index contributed by atoms with van der Waals surface area (Å²) in [6.45, 7) is 7.07. The molecule has 1 saturated heterocycles. The third-order valence-electron chi connectivity index (χ3n) is 2.55. The molecule has 0 bridgehead atoms. The highest BCUT2D eigenvalue weighted by Gasteiger charge is 2.26. The van der Waals surface area contributed by atoms with Crippen molar-refractivity contribution >= 4 is 5.69 Å². The maximum absolute atomic E-state index is 5.68. The highest BCUT2D eigenvalue weighted by molar-refractivity contribution is 5.46. The van der Waals surface area contributed by atoms with Crippen molar-refractivity contribution in [2.45, 2.75) is 19.4 Å². The van der Waals surface area contributed by atoms with E-state index in [2.05, 4.69) is 49.1 Å². The van der Waals surface area contributed by atoms with E-state index < -0.39 is 0 Å². The number of benzene rings is 1. The van der Waals surface area contributed by atoms with Crippen molar-refractivity contribution in [3.63, 3.8) is 0 Å². The van der Waals surface area contributed by atoms with Gasteiger partial charge in [-0.2, -0.15) is 0 Å². The molecule has 0 unspecified atom stereocenters. The normalized spacial score (nSPS) is 20.9. The molecular weight excluding hydrogens is 174 g/mol. The summed E-state index contributed by atoms with van der Waals surface area (Å²) in [5, 5.41) is 0. The van der Waals surface area contributed by atoms with Crippen LogP contribution in [0.2, 0.25) is 0 Å². The van der Waals surface area contributed by atoms with Crippen molar-refractivity contribution in [2.75, 3.05) is 24.6 Å². The van der Waals surface area contributed by atoms with Crippen LogP contribution in [0.25, 0.3) is 0 Å². The predicted molar refractivity (Wildman–Crippen MR) is 58.7 cm³/mol. The summed E-state index contributed by atoms with van der Waals surface area (Å²) in [7, 11) is 0. The molecule has 76 valence electrons. The van der Waals surface area contributed by atoms with E-state index in [4.69, 9.17) is 4.74 Å². The second kappa shape index (κ2) is 3.62. The van der Waals surface area contributed by atoms with E-state index in [-0.39, 0.29) is 5.60 Å². The van der Waals surface area contributed by atoms with Crippen LogP contribution in [0.1, 0.15) is 13.8 Å². The van der Waals surface area contributed by atoms with Crippen LogP contribution in [-0.2, 0) is 4.74 Å². The summed E-state index contributed by atoms with van der Waals surface area (Å²) in [6, 6.07) is 10.5. The quantitative estimate of drug-likeness (QED) is 0.675. The highest BCUT2D eigenvalue weighted by atomic mass is 16.5. The molecule has 2 nitrogen and oxygen atoms in total. The fourth-order valence-corrected chi connectivity index (χ4v) is 1.88. The van der Waals surface area contributed by atoms with Gasteiger partial charge < -0.3 is 9.64 Å². The molecule has 1 fully saturated rings. The first kappa shape index (κ1) is 9.53. The summed E-state index contributed by atoms with van der Waals surface area (Å²) in [6.07, 6.45) is 0. The SMILES string of the molecule is CC1(C)CN(c2ccccc2)CCO1. The fourth-order valence-electron chi connectivity index (χ4n) is 1.88. The second-order valence-corrected chi connectivity index (χ2v) is 4.37. The van der Waals surface area contributed by atoms with E-state index in [1.54, 1.807) is 0 Å². The van der Waals surface area contributed by atoms with Crippen molar-refractivity contribution < 1.29 is 4.74 Å². The van der Waals surface area contributed by atoms with Gasteiger partial charge in [0, 0.05) is 18.8 Å². The van der Waals surface area contributed by atoms with Gasteiger partial charge in [-0.1, -0.05) is 18.2 Å². The van der Waals surface area contributed by atoms with Gasteiger partial charge in [-0.15, -0.1) is 0 Å². The molecule has 14 heavy (non-hydrogen) atoms. The van der Waals surface area contributed by atoms with Crippen molar-refractivity contribution in [3.8, 4) is 0 Å². The molecule has 1 aromatic rings. The Bertz CT molecular complexity index is 294. The molecule has 0 saturated carbocycles. The summed E-state index contributed by atoms with van der Waals surface area (Å²) >= 11 is 0. The van der Waals surface area contributed by atoms with E-state index in [0.717, 1.165) is 19.7 Å². The molecule has 0 spiro atoms. The molecule has 1 aliphatic rings. The zero-order chi connectivity index (χ0) is 10.0. The molecule has 0 radical (unpaired) electrons. The number of morpholine rings is 1.